The number of nitrogens with one attached hydrogen (secondary N) is 1. The Balaban J connectivity index is 2.17. The van der Waals surface area contributed by atoms with Gasteiger partial charge in [0.2, 0.25) is 0 Å². The van der Waals surface area contributed by atoms with Gasteiger partial charge >= 0.3 is 0 Å². The molecule has 0 aliphatic heterocycles. The van der Waals surface area contributed by atoms with E-state index in [1.165, 1.54) is 0 Å². The third-order valence-electron chi connectivity index (χ3n) is 2.58. The number of anilines is 1. The van der Waals surface area contributed by atoms with Crippen LogP contribution in [0.1, 0.15) is 20.3 Å². The summed E-state index contributed by atoms with van der Waals surface area (Å²) in [5.41, 5.74) is 0. The molecule has 0 radical (unpaired) electrons. The normalized spacial score (nSPS) is 10.9. The minimum Gasteiger partial charge on any atom is -0.368 e. The average molecular weight is 215 g/mol. The van der Waals surface area contributed by atoms with Crippen molar-refractivity contribution in [1.29, 1.82) is 0 Å². The largest absolute Gasteiger partial charge is 0.368 e. The summed E-state index contributed by atoms with van der Waals surface area (Å²) >= 11 is 0. The number of hydrogen-bond donors (Lipinski definition) is 1. The molecule has 0 fully saturated rings. The lowest BCUT2D eigenvalue weighted by molar-refractivity contribution is 0.606. The summed E-state index contributed by atoms with van der Waals surface area (Å²) in [7, 11) is 0. The molecule has 1 aromatic carbocycles. The summed E-state index contributed by atoms with van der Waals surface area (Å²) in [6.07, 6.45) is 2.94. The quantitative estimate of drug-likeness (QED) is 0.851. The Morgan fingerprint density at radius 1 is 1.25 bits per heavy atom. The molecule has 0 spiro atoms. The van der Waals surface area contributed by atoms with E-state index in [1.807, 2.05) is 12.1 Å². The Hall–Kier alpha value is -1.64. The fourth-order valence-electron chi connectivity index (χ4n) is 1.64. The Morgan fingerprint density at radius 3 is 2.88 bits per heavy atom. The fourth-order valence-corrected chi connectivity index (χ4v) is 1.64. The zero-order valence-electron chi connectivity index (χ0n) is 9.77. The lowest BCUT2D eigenvalue weighted by Crippen LogP contribution is -2.07. The first-order valence-corrected chi connectivity index (χ1v) is 5.71. The van der Waals surface area contributed by atoms with Crippen molar-refractivity contribution in [2.45, 2.75) is 20.3 Å². The van der Waals surface area contributed by atoms with Crippen LogP contribution in [0.3, 0.4) is 0 Å². The molecule has 0 bridgehead atoms. The highest BCUT2D eigenvalue weighted by Crippen LogP contribution is 2.19. The van der Waals surface area contributed by atoms with E-state index in [-0.39, 0.29) is 0 Å². The van der Waals surface area contributed by atoms with E-state index in [2.05, 4.69) is 41.5 Å². The van der Waals surface area contributed by atoms with Gasteiger partial charge in [0.25, 0.3) is 0 Å². The molecule has 0 unspecified atom stereocenters. The molecule has 2 rings (SSSR count). The number of rotatable bonds is 4. The minimum atomic E-state index is 0.704. The zero-order chi connectivity index (χ0) is 11.4. The third-order valence-corrected chi connectivity index (χ3v) is 2.58. The first-order valence-electron chi connectivity index (χ1n) is 5.71. The summed E-state index contributed by atoms with van der Waals surface area (Å²) in [6, 6.07) is 8.17. The summed E-state index contributed by atoms with van der Waals surface area (Å²) in [5, 5.41) is 13.8. The van der Waals surface area contributed by atoms with Crippen LogP contribution in [0.15, 0.2) is 30.5 Å². The van der Waals surface area contributed by atoms with Gasteiger partial charge in [0.15, 0.2) is 5.82 Å². The number of aromatic nitrogens is 2. The van der Waals surface area contributed by atoms with Gasteiger partial charge in [0.1, 0.15) is 0 Å². The molecule has 3 nitrogen and oxygen atoms in total. The maximum Gasteiger partial charge on any atom is 0.156 e. The summed E-state index contributed by atoms with van der Waals surface area (Å²) in [6.45, 7) is 5.38. The Labute approximate surface area is 95.9 Å². The van der Waals surface area contributed by atoms with Crippen molar-refractivity contribution in [1.82, 2.24) is 10.2 Å². The molecule has 2 aromatic rings. The highest BCUT2D eigenvalue weighted by molar-refractivity contribution is 5.90. The van der Waals surface area contributed by atoms with E-state index >= 15 is 0 Å². The van der Waals surface area contributed by atoms with E-state index in [1.54, 1.807) is 6.20 Å². The van der Waals surface area contributed by atoms with E-state index < -0.39 is 0 Å². The van der Waals surface area contributed by atoms with Gasteiger partial charge in [-0.3, -0.25) is 0 Å². The second-order valence-electron chi connectivity index (χ2n) is 4.39. The maximum absolute atomic E-state index is 4.14. The highest BCUT2D eigenvalue weighted by atomic mass is 15.2. The van der Waals surface area contributed by atoms with Crippen molar-refractivity contribution in [3.8, 4) is 0 Å². The average Bonchev–Trinajstić information content (AvgIpc) is 2.29. The predicted molar refractivity (Wildman–Crippen MR) is 67.5 cm³/mol. The second-order valence-corrected chi connectivity index (χ2v) is 4.39. The van der Waals surface area contributed by atoms with Crippen LogP contribution in [0.25, 0.3) is 10.8 Å². The highest BCUT2D eigenvalue weighted by Gasteiger charge is 2.02. The number of fused-ring (bicyclic) bond motifs is 1. The SMILES string of the molecule is CC(C)CCNc1nncc2ccccc12. The van der Waals surface area contributed by atoms with E-state index in [4.69, 9.17) is 0 Å². The summed E-state index contributed by atoms with van der Waals surface area (Å²) < 4.78 is 0. The van der Waals surface area contributed by atoms with Crippen molar-refractivity contribution < 1.29 is 0 Å². The molecule has 0 saturated heterocycles. The van der Waals surface area contributed by atoms with Gasteiger partial charge in [-0.15, -0.1) is 5.10 Å². The third kappa shape index (κ3) is 2.48. The van der Waals surface area contributed by atoms with E-state index in [0.717, 1.165) is 29.6 Å². The molecular formula is C13H17N3. The van der Waals surface area contributed by atoms with Crippen molar-refractivity contribution in [2.75, 3.05) is 11.9 Å². The van der Waals surface area contributed by atoms with Gasteiger partial charge < -0.3 is 5.32 Å². The molecule has 0 aliphatic rings. The number of nitrogens with zero attached hydrogens (tertiary/aromatic N) is 2. The van der Waals surface area contributed by atoms with E-state index in [0.29, 0.717) is 5.92 Å². The summed E-state index contributed by atoms with van der Waals surface area (Å²) in [4.78, 5) is 0. The number of benzene rings is 1. The first kappa shape index (κ1) is 10.9. The van der Waals surface area contributed by atoms with Crippen LogP contribution in [-0.4, -0.2) is 16.7 Å². The predicted octanol–water partition coefficient (Wildman–Crippen LogP) is 3.09. The molecular weight excluding hydrogens is 198 g/mol. The van der Waals surface area contributed by atoms with Gasteiger partial charge in [0, 0.05) is 17.3 Å². The van der Waals surface area contributed by atoms with Crippen LogP contribution in [0.5, 0.6) is 0 Å². The molecule has 0 aliphatic carbocycles. The second kappa shape index (κ2) is 4.92. The van der Waals surface area contributed by atoms with Crippen molar-refractivity contribution in [3.63, 3.8) is 0 Å². The smallest absolute Gasteiger partial charge is 0.156 e. The molecule has 0 atom stereocenters. The summed E-state index contributed by atoms with van der Waals surface area (Å²) in [5.74, 6) is 1.59. The Morgan fingerprint density at radius 2 is 2.06 bits per heavy atom. The van der Waals surface area contributed by atoms with Crippen LogP contribution in [0, 0.1) is 5.92 Å². The van der Waals surface area contributed by atoms with Gasteiger partial charge in [-0.05, 0) is 12.3 Å². The Kier molecular flexibility index (Phi) is 3.34. The molecule has 16 heavy (non-hydrogen) atoms. The lowest BCUT2D eigenvalue weighted by atomic mass is 10.1. The van der Waals surface area contributed by atoms with Gasteiger partial charge in [-0.25, -0.2) is 0 Å². The molecule has 3 heteroatoms. The van der Waals surface area contributed by atoms with Gasteiger partial charge in [-0.1, -0.05) is 38.1 Å². The first-order chi connectivity index (χ1) is 7.77. The lowest BCUT2D eigenvalue weighted by Gasteiger charge is -2.08. The Bertz CT molecular complexity index is 460. The number of hydrogen-bond acceptors (Lipinski definition) is 3. The van der Waals surface area contributed by atoms with Crippen molar-refractivity contribution >= 4 is 16.6 Å². The zero-order valence-corrected chi connectivity index (χ0v) is 9.77. The molecule has 1 aromatic heterocycles. The molecule has 1 heterocycles. The molecule has 0 amide bonds. The molecule has 0 saturated carbocycles. The minimum absolute atomic E-state index is 0.704. The van der Waals surface area contributed by atoms with Crippen molar-refractivity contribution in [2.24, 2.45) is 5.92 Å². The molecule has 1 N–H and O–H groups in total. The van der Waals surface area contributed by atoms with E-state index in [9.17, 15) is 0 Å². The van der Waals surface area contributed by atoms with Gasteiger partial charge in [0.05, 0.1) is 6.20 Å². The standard InChI is InChI=1S/C13H17N3/c1-10(2)7-8-14-13-12-6-4-3-5-11(12)9-15-16-13/h3-6,9-10H,7-8H2,1-2H3,(H,14,16). The van der Waals surface area contributed by atoms with Crippen LogP contribution >= 0.6 is 0 Å². The van der Waals surface area contributed by atoms with Crippen LogP contribution in [-0.2, 0) is 0 Å². The fraction of sp³-hybridized carbons (Fsp3) is 0.385. The van der Waals surface area contributed by atoms with Gasteiger partial charge in [-0.2, -0.15) is 5.10 Å². The maximum atomic E-state index is 4.14. The monoisotopic (exact) mass is 215 g/mol. The van der Waals surface area contributed by atoms with Crippen LogP contribution in [0.2, 0.25) is 0 Å². The van der Waals surface area contributed by atoms with Crippen LogP contribution < -0.4 is 5.32 Å². The molecule has 84 valence electrons. The van der Waals surface area contributed by atoms with Crippen molar-refractivity contribution in [3.05, 3.63) is 30.5 Å². The van der Waals surface area contributed by atoms with Crippen LogP contribution in [0.4, 0.5) is 5.82 Å². The topological polar surface area (TPSA) is 37.8 Å².